The third kappa shape index (κ3) is 7.42. The minimum atomic E-state index is -0.417. The molecule has 1 rings (SSSR count). The molecule has 0 aliphatic rings. The van der Waals surface area contributed by atoms with Crippen molar-refractivity contribution in [1.82, 2.24) is 0 Å². The number of nitro groups is 1. The number of hydrogen-bond acceptors (Lipinski definition) is 3. The lowest BCUT2D eigenvalue weighted by Gasteiger charge is -1.85. The highest BCUT2D eigenvalue weighted by Gasteiger charge is 1.98. The summed E-state index contributed by atoms with van der Waals surface area (Å²) >= 11 is 0. The second-order valence-corrected chi connectivity index (χ2v) is 2.00. The Bertz CT molecular complexity index is 229. The second-order valence-electron chi connectivity index (χ2n) is 2.00. The highest BCUT2D eigenvalue weighted by Crippen LogP contribution is 2.06. The molecule has 0 saturated carbocycles. The summed E-state index contributed by atoms with van der Waals surface area (Å²) < 4.78 is 0. The Morgan fingerprint density at radius 1 is 1.38 bits per heavy atom. The minimum absolute atomic E-state index is 0. The van der Waals surface area contributed by atoms with E-state index >= 15 is 0 Å². The number of halogens is 1. The molecule has 74 valence electrons. The third-order valence-electron chi connectivity index (χ3n) is 0.967. The van der Waals surface area contributed by atoms with Crippen molar-refractivity contribution < 1.29 is 4.92 Å². The maximum atomic E-state index is 10.0. The summed E-state index contributed by atoms with van der Waals surface area (Å²) in [5, 5.41) is 10.0. The first-order valence-electron chi connectivity index (χ1n) is 3.61. The van der Waals surface area contributed by atoms with Gasteiger partial charge in [0, 0.05) is 12.1 Å². The van der Waals surface area contributed by atoms with E-state index in [1.807, 2.05) is 6.92 Å². The van der Waals surface area contributed by atoms with Crippen molar-refractivity contribution in [2.24, 2.45) is 5.73 Å². The van der Waals surface area contributed by atoms with Crippen LogP contribution in [0.5, 0.6) is 0 Å². The number of nitrogens with zero attached hydrogens (tertiary/aromatic N) is 1. The van der Waals surface area contributed by atoms with Crippen molar-refractivity contribution in [2.75, 3.05) is 6.54 Å². The van der Waals surface area contributed by atoms with E-state index in [2.05, 4.69) is 0 Å². The molecular formula is C8H13BrN2O2. The van der Waals surface area contributed by atoms with Crippen molar-refractivity contribution in [3.8, 4) is 0 Å². The molecule has 0 aliphatic heterocycles. The standard InChI is InChI=1S/C6H5NO2.C2H7N.BrH/c8-7(9)6-4-2-1-3-5-6;1-2-3;/h1-5H;2-3H2,1H3;1H. The Morgan fingerprint density at radius 2 is 1.77 bits per heavy atom. The molecule has 0 bridgehead atoms. The first kappa shape index (κ1) is 14.6. The van der Waals surface area contributed by atoms with E-state index in [0.717, 1.165) is 6.54 Å². The van der Waals surface area contributed by atoms with E-state index in [1.165, 1.54) is 12.1 Å². The highest BCUT2D eigenvalue weighted by molar-refractivity contribution is 8.93. The van der Waals surface area contributed by atoms with E-state index in [1.54, 1.807) is 18.2 Å². The lowest BCUT2D eigenvalue weighted by Crippen LogP contribution is -1.87. The molecule has 13 heavy (non-hydrogen) atoms. The van der Waals surface area contributed by atoms with E-state index in [4.69, 9.17) is 5.73 Å². The number of benzene rings is 1. The quantitative estimate of drug-likeness (QED) is 0.612. The fourth-order valence-corrected chi connectivity index (χ4v) is 0.550. The van der Waals surface area contributed by atoms with Crippen molar-refractivity contribution >= 4 is 22.7 Å². The Balaban J connectivity index is 0. The van der Waals surface area contributed by atoms with Gasteiger partial charge in [-0.15, -0.1) is 17.0 Å². The smallest absolute Gasteiger partial charge is 0.269 e. The molecule has 0 atom stereocenters. The molecule has 4 nitrogen and oxygen atoms in total. The summed E-state index contributed by atoms with van der Waals surface area (Å²) in [6.07, 6.45) is 0. The van der Waals surface area contributed by atoms with Crippen molar-refractivity contribution in [1.29, 1.82) is 0 Å². The third-order valence-corrected chi connectivity index (χ3v) is 0.967. The minimum Gasteiger partial charge on any atom is -0.331 e. The molecule has 0 aromatic heterocycles. The number of nitrogens with two attached hydrogens (primary N) is 1. The average Bonchev–Trinajstić information content (AvgIpc) is 2.07. The maximum absolute atomic E-state index is 10.0. The molecule has 0 aliphatic carbocycles. The van der Waals surface area contributed by atoms with Gasteiger partial charge in [0.2, 0.25) is 0 Å². The normalized spacial score (nSPS) is 7.54. The molecule has 5 heteroatoms. The van der Waals surface area contributed by atoms with Crippen LogP contribution in [0.4, 0.5) is 5.69 Å². The maximum Gasteiger partial charge on any atom is 0.269 e. The molecular weight excluding hydrogens is 236 g/mol. The molecule has 0 heterocycles. The van der Waals surface area contributed by atoms with Crippen molar-refractivity contribution in [2.45, 2.75) is 6.92 Å². The zero-order valence-electron chi connectivity index (χ0n) is 7.34. The average molecular weight is 249 g/mol. The van der Waals surface area contributed by atoms with Crippen LogP contribution in [0, 0.1) is 10.1 Å². The van der Waals surface area contributed by atoms with Gasteiger partial charge in [0.25, 0.3) is 5.69 Å². The van der Waals surface area contributed by atoms with Gasteiger partial charge >= 0.3 is 0 Å². The Hall–Kier alpha value is -0.940. The molecule has 0 fully saturated rings. The van der Waals surface area contributed by atoms with Crippen LogP contribution in [0.2, 0.25) is 0 Å². The molecule has 0 saturated heterocycles. The predicted octanol–water partition coefficient (Wildman–Crippen LogP) is 2.14. The molecule has 1 aromatic rings. The summed E-state index contributed by atoms with van der Waals surface area (Å²) in [7, 11) is 0. The van der Waals surface area contributed by atoms with Gasteiger partial charge in [-0.2, -0.15) is 0 Å². The number of nitro benzene ring substituents is 1. The predicted molar refractivity (Wildman–Crippen MR) is 58.1 cm³/mol. The fraction of sp³-hybridized carbons (Fsp3) is 0.250. The molecule has 0 unspecified atom stereocenters. The van der Waals surface area contributed by atoms with Gasteiger partial charge in [-0.05, 0) is 6.54 Å². The first-order chi connectivity index (χ1) is 5.72. The summed E-state index contributed by atoms with van der Waals surface area (Å²) in [5.74, 6) is 0. The molecule has 0 spiro atoms. The van der Waals surface area contributed by atoms with Crippen LogP contribution in [-0.2, 0) is 0 Å². The van der Waals surface area contributed by atoms with Crippen LogP contribution in [0.1, 0.15) is 6.92 Å². The topological polar surface area (TPSA) is 69.2 Å². The Morgan fingerprint density at radius 3 is 2.00 bits per heavy atom. The molecule has 0 amide bonds. The van der Waals surface area contributed by atoms with Gasteiger partial charge < -0.3 is 5.73 Å². The molecule has 2 N–H and O–H groups in total. The first-order valence-corrected chi connectivity index (χ1v) is 3.61. The van der Waals surface area contributed by atoms with Crippen LogP contribution >= 0.6 is 17.0 Å². The summed E-state index contributed by atoms with van der Waals surface area (Å²) in [4.78, 5) is 9.59. The fourth-order valence-electron chi connectivity index (χ4n) is 0.550. The van der Waals surface area contributed by atoms with Crippen LogP contribution < -0.4 is 5.73 Å². The van der Waals surface area contributed by atoms with E-state index < -0.39 is 4.92 Å². The van der Waals surface area contributed by atoms with Gasteiger partial charge in [-0.3, -0.25) is 10.1 Å². The lowest BCUT2D eigenvalue weighted by molar-refractivity contribution is -0.384. The zero-order chi connectivity index (χ0) is 9.40. The van der Waals surface area contributed by atoms with Gasteiger partial charge in [0.05, 0.1) is 4.92 Å². The molecule has 0 radical (unpaired) electrons. The number of hydrogen-bond donors (Lipinski definition) is 1. The molecule has 1 aromatic carbocycles. The Labute approximate surface area is 87.7 Å². The Kier molecular flexibility index (Phi) is 10.3. The van der Waals surface area contributed by atoms with E-state index in [-0.39, 0.29) is 22.7 Å². The highest BCUT2D eigenvalue weighted by atomic mass is 79.9. The summed E-state index contributed by atoms with van der Waals surface area (Å²) in [5.41, 5.74) is 4.98. The van der Waals surface area contributed by atoms with Gasteiger partial charge in [-0.25, -0.2) is 0 Å². The SMILES string of the molecule is Br.CCN.O=[N+]([O-])c1ccccc1. The number of non-ortho nitro benzene ring substituents is 1. The largest absolute Gasteiger partial charge is 0.331 e. The lowest BCUT2D eigenvalue weighted by atomic mass is 10.3. The van der Waals surface area contributed by atoms with Crippen molar-refractivity contribution in [3.63, 3.8) is 0 Å². The van der Waals surface area contributed by atoms with Gasteiger partial charge in [0.1, 0.15) is 0 Å². The summed E-state index contributed by atoms with van der Waals surface area (Å²) in [6, 6.07) is 7.93. The van der Waals surface area contributed by atoms with Crippen LogP contribution in [0.25, 0.3) is 0 Å². The van der Waals surface area contributed by atoms with Crippen LogP contribution in [0.15, 0.2) is 30.3 Å². The second kappa shape index (κ2) is 9.15. The zero-order valence-corrected chi connectivity index (χ0v) is 9.06. The van der Waals surface area contributed by atoms with Gasteiger partial charge in [0.15, 0.2) is 0 Å². The van der Waals surface area contributed by atoms with Crippen LogP contribution in [-0.4, -0.2) is 11.5 Å². The van der Waals surface area contributed by atoms with Crippen LogP contribution in [0.3, 0.4) is 0 Å². The number of rotatable bonds is 1. The van der Waals surface area contributed by atoms with Gasteiger partial charge in [-0.1, -0.05) is 25.1 Å². The monoisotopic (exact) mass is 248 g/mol. The van der Waals surface area contributed by atoms with Crippen molar-refractivity contribution in [3.05, 3.63) is 40.4 Å². The number of para-hydroxylation sites is 1. The van der Waals surface area contributed by atoms with E-state index in [0.29, 0.717) is 0 Å². The van der Waals surface area contributed by atoms with E-state index in [9.17, 15) is 10.1 Å². The summed E-state index contributed by atoms with van der Waals surface area (Å²) in [6.45, 7) is 2.65.